The molecule has 5 heteroatoms. The molecule has 0 radical (unpaired) electrons. The maximum Gasteiger partial charge on any atom is 0.341 e. The first-order valence-corrected chi connectivity index (χ1v) is 8.52. The quantitative estimate of drug-likeness (QED) is 0.611. The highest BCUT2D eigenvalue weighted by molar-refractivity contribution is 6.33. The van der Waals surface area contributed by atoms with E-state index in [0.717, 1.165) is 27.4 Å². The highest BCUT2D eigenvalue weighted by Crippen LogP contribution is 2.28. The molecular weight excluding hydrogens is 350 g/mol. The molecule has 0 aliphatic rings. The van der Waals surface area contributed by atoms with Gasteiger partial charge in [-0.2, -0.15) is 0 Å². The average molecular weight is 368 g/mol. The average Bonchev–Trinajstić information content (AvgIpc) is 2.66. The van der Waals surface area contributed by atoms with E-state index in [4.69, 9.17) is 21.4 Å². The molecule has 0 saturated heterocycles. The van der Waals surface area contributed by atoms with Gasteiger partial charge in [0.1, 0.15) is 5.75 Å². The van der Waals surface area contributed by atoms with E-state index in [1.165, 1.54) is 0 Å². The second-order valence-electron chi connectivity index (χ2n) is 5.74. The fourth-order valence-corrected chi connectivity index (χ4v) is 2.81. The van der Waals surface area contributed by atoms with Crippen molar-refractivity contribution in [2.24, 2.45) is 0 Å². The maximum atomic E-state index is 10.5. The van der Waals surface area contributed by atoms with E-state index in [-0.39, 0.29) is 6.61 Å². The van der Waals surface area contributed by atoms with Crippen LogP contribution in [0.2, 0.25) is 5.02 Å². The third-order valence-corrected chi connectivity index (χ3v) is 4.15. The van der Waals surface area contributed by atoms with Crippen LogP contribution >= 0.6 is 11.6 Å². The van der Waals surface area contributed by atoms with Gasteiger partial charge in [0.15, 0.2) is 6.61 Å². The van der Waals surface area contributed by atoms with Gasteiger partial charge in [-0.1, -0.05) is 48.0 Å². The van der Waals surface area contributed by atoms with Crippen LogP contribution in [0.25, 0.3) is 11.1 Å². The molecule has 3 rings (SSSR count). The molecule has 0 spiro atoms. The van der Waals surface area contributed by atoms with E-state index in [9.17, 15) is 4.79 Å². The first-order valence-electron chi connectivity index (χ1n) is 8.14. The molecule has 3 aromatic rings. The van der Waals surface area contributed by atoms with Gasteiger partial charge in [-0.3, -0.25) is 0 Å². The summed E-state index contributed by atoms with van der Waals surface area (Å²) in [5, 5.41) is 12.7. The molecule has 0 fully saturated rings. The standard InChI is InChI=1S/C21H18ClNO3/c22-20-7-2-1-6-19(20)16-5-3-4-15(12-16)13-23-17-8-10-18(11-9-17)26-14-21(24)25/h1-12,23H,13-14H2,(H,24,25). The largest absolute Gasteiger partial charge is 0.482 e. The molecule has 0 atom stereocenters. The van der Waals surface area contributed by atoms with Crippen LogP contribution in [0.5, 0.6) is 5.75 Å². The van der Waals surface area contributed by atoms with Crippen molar-refractivity contribution >= 4 is 23.3 Å². The smallest absolute Gasteiger partial charge is 0.341 e. The van der Waals surface area contributed by atoms with Gasteiger partial charge in [-0.25, -0.2) is 4.79 Å². The molecule has 0 amide bonds. The van der Waals surface area contributed by atoms with Crippen molar-refractivity contribution in [3.63, 3.8) is 0 Å². The number of hydrogen-bond acceptors (Lipinski definition) is 3. The van der Waals surface area contributed by atoms with Crippen LogP contribution in [0.4, 0.5) is 5.69 Å². The Labute approximate surface area is 157 Å². The Kier molecular flexibility index (Phi) is 5.77. The highest BCUT2D eigenvalue weighted by atomic mass is 35.5. The molecular formula is C21H18ClNO3. The lowest BCUT2D eigenvalue weighted by molar-refractivity contribution is -0.139. The summed E-state index contributed by atoms with van der Waals surface area (Å²) in [5.74, 6) is -0.468. The number of rotatable bonds is 7. The predicted octanol–water partition coefficient (Wildman–Crippen LogP) is 5.08. The van der Waals surface area contributed by atoms with Crippen LogP contribution in [0.3, 0.4) is 0 Å². The van der Waals surface area contributed by atoms with E-state index in [1.54, 1.807) is 12.1 Å². The first-order chi connectivity index (χ1) is 12.6. The van der Waals surface area contributed by atoms with Crippen molar-refractivity contribution in [2.75, 3.05) is 11.9 Å². The number of carboxylic acid groups (broad SMARTS) is 1. The SMILES string of the molecule is O=C(O)COc1ccc(NCc2cccc(-c3ccccc3Cl)c2)cc1. The summed E-state index contributed by atoms with van der Waals surface area (Å²) >= 11 is 6.28. The Morgan fingerprint density at radius 2 is 1.77 bits per heavy atom. The molecule has 2 N–H and O–H groups in total. The van der Waals surface area contributed by atoms with Crippen LogP contribution in [-0.2, 0) is 11.3 Å². The zero-order chi connectivity index (χ0) is 18.4. The lowest BCUT2D eigenvalue weighted by atomic mass is 10.0. The summed E-state index contributed by atoms with van der Waals surface area (Å²) in [6.45, 7) is 0.315. The normalized spacial score (nSPS) is 10.3. The summed E-state index contributed by atoms with van der Waals surface area (Å²) in [5.41, 5.74) is 4.15. The first kappa shape index (κ1) is 17.8. The molecule has 26 heavy (non-hydrogen) atoms. The van der Waals surface area contributed by atoms with Crippen LogP contribution in [0.1, 0.15) is 5.56 Å². The number of aliphatic carboxylic acids is 1. The number of hydrogen-bond donors (Lipinski definition) is 2. The van der Waals surface area contributed by atoms with Gasteiger partial charge in [-0.05, 0) is 47.5 Å². The van der Waals surface area contributed by atoms with Gasteiger partial charge >= 0.3 is 5.97 Å². The zero-order valence-corrected chi connectivity index (χ0v) is 14.7. The predicted molar refractivity (Wildman–Crippen MR) is 104 cm³/mol. The van der Waals surface area contributed by atoms with Gasteiger partial charge in [0.05, 0.1) is 0 Å². The van der Waals surface area contributed by atoms with E-state index in [2.05, 4.69) is 17.4 Å². The number of carbonyl (C=O) groups is 1. The summed E-state index contributed by atoms with van der Waals surface area (Å²) in [6, 6.07) is 23.2. The van der Waals surface area contributed by atoms with Crippen molar-refractivity contribution < 1.29 is 14.6 Å². The lowest BCUT2D eigenvalue weighted by Gasteiger charge is -2.10. The molecule has 3 aromatic carbocycles. The van der Waals surface area contributed by atoms with E-state index >= 15 is 0 Å². The molecule has 0 saturated carbocycles. The maximum absolute atomic E-state index is 10.5. The Bertz CT molecular complexity index is 894. The van der Waals surface area contributed by atoms with Gasteiger partial charge in [-0.15, -0.1) is 0 Å². The topological polar surface area (TPSA) is 58.6 Å². The Balaban J connectivity index is 1.64. The number of anilines is 1. The van der Waals surface area contributed by atoms with Crippen LogP contribution in [0, 0.1) is 0 Å². The number of carboxylic acids is 1. The van der Waals surface area contributed by atoms with Gasteiger partial charge in [0.25, 0.3) is 0 Å². The monoisotopic (exact) mass is 367 g/mol. The number of halogens is 1. The Morgan fingerprint density at radius 1 is 1.00 bits per heavy atom. The second-order valence-corrected chi connectivity index (χ2v) is 6.15. The third kappa shape index (κ3) is 4.77. The molecule has 0 heterocycles. The zero-order valence-electron chi connectivity index (χ0n) is 14.0. The number of ether oxygens (including phenoxy) is 1. The minimum absolute atomic E-state index is 0.346. The van der Waals surface area contributed by atoms with Crippen LogP contribution in [-0.4, -0.2) is 17.7 Å². The summed E-state index contributed by atoms with van der Waals surface area (Å²) in [7, 11) is 0. The van der Waals surface area contributed by atoms with Crippen molar-refractivity contribution in [1.82, 2.24) is 0 Å². The van der Waals surface area contributed by atoms with Gasteiger partial charge in [0.2, 0.25) is 0 Å². The van der Waals surface area contributed by atoms with E-state index < -0.39 is 5.97 Å². The van der Waals surface area contributed by atoms with Crippen molar-refractivity contribution in [3.05, 3.63) is 83.4 Å². The fourth-order valence-electron chi connectivity index (χ4n) is 2.56. The third-order valence-electron chi connectivity index (χ3n) is 3.83. The lowest BCUT2D eigenvalue weighted by Crippen LogP contribution is -2.09. The molecule has 132 valence electrons. The highest BCUT2D eigenvalue weighted by Gasteiger charge is 2.04. The minimum atomic E-state index is -0.995. The Morgan fingerprint density at radius 3 is 2.50 bits per heavy atom. The van der Waals surface area contributed by atoms with Gasteiger partial charge in [0, 0.05) is 22.8 Å². The molecule has 0 aromatic heterocycles. The van der Waals surface area contributed by atoms with Crippen molar-refractivity contribution in [1.29, 1.82) is 0 Å². The van der Waals surface area contributed by atoms with E-state index in [0.29, 0.717) is 12.3 Å². The van der Waals surface area contributed by atoms with Crippen molar-refractivity contribution in [3.8, 4) is 16.9 Å². The summed E-state index contributed by atoms with van der Waals surface area (Å²) in [4.78, 5) is 10.5. The summed E-state index contributed by atoms with van der Waals surface area (Å²) < 4.78 is 5.12. The molecule has 0 bridgehead atoms. The molecule has 0 aliphatic heterocycles. The summed E-state index contributed by atoms with van der Waals surface area (Å²) in [6.07, 6.45) is 0. The molecule has 0 unspecified atom stereocenters. The number of benzene rings is 3. The molecule has 0 aliphatic carbocycles. The van der Waals surface area contributed by atoms with Gasteiger partial charge < -0.3 is 15.2 Å². The molecule has 4 nitrogen and oxygen atoms in total. The van der Waals surface area contributed by atoms with Crippen LogP contribution < -0.4 is 10.1 Å². The second kappa shape index (κ2) is 8.41. The van der Waals surface area contributed by atoms with Crippen molar-refractivity contribution in [2.45, 2.75) is 6.54 Å². The van der Waals surface area contributed by atoms with Crippen LogP contribution in [0.15, 0.2) is 72.8 Å². The van der Waals surface area contributed by atoms with E-state index in [1.807, 2.05) is 48.5 Å². The fraction of sp³-hybridized carbons (Fsp3) is 0.0952. The minimum Gasteiger partial charge on any atom is -0.482 e. The number of nitrogens with one attached hydrogen (secondary N) is 1. The Hall–Kier alpha value is -2.98.